The van der Waals surface area contributed by atoms with E-state index >= 15 is 0 Å². The summed E-state index contributed by atoms with van der Waals surface area (Å²) in [7, 11) is 0. The lowest BCUT2D eigenvalue weighted by atomic mass is 10.2. The molecule has 2 aromatic heterocycles. The van der Waals surface area contributed by atoms with Gasteiger partial charge in [0.25, 0.3) is 0 Å². The first kappa shape index (κ1) is 15.7. The maximum absolute atomic E-state index is 12.8. The summed E-state index contributed by atoms with van der Waals surface area (Å²) in [6, 6.07) is 10.0. The molecule has 0 unspecified atom stereocenters. The van der Waals surface area contributed by atoms with Crippen LogP contribution in [0.2, 0.25) is 0 Å². The average molecular weight is 403 g/mol. The molecule has 0 saturated carbocycles. The molecule has 1 N–H and O–H groups in total. The number of benzene rings is 1. The maximum atomic E-state index is 12.8. The minimum absolute atomic E-state index is 0.111. The van der Waals surface area contributed by atoms with Gasteiger partial charge in [-0.25, -0.2) is 9.97 Å². The third-order valence-electron chi connectivity index (χ3n) is 4.07. The Morgan fingerprint density at radius 3 is 3.12 bits per heavy atom. The van der Waals surface area contributed by atoms with Crippen molar-refractivity contribution in [2.24, 2.45) is 0 Å². The minimum Gasteiger partial charge on any atom is -0.331 e. The Kier molecular flexibility index (Phi) is 4.05. The van der Waals surface area contributed by atoms with E-state index in [0.717, 1.165) is 28.6 Å². The number of carbonyl (C=O) groups is 1. The summed E-state index contributed by atoms with van der Waals surface area (Å²) >= 11 is 4.83. The first-order valence-electron chi connectivity index (χ1n) is 7.69. The number of fused-ring (bicyclic) bond motifs is 2. The van der Waals surface area contributed by atoms with Crippen LogP contribution in [0.5, 0.6) is 0 Å². The van der Waals surface area contributed by atoms with Crippen LogP contribution in [0.25, 0.3) is 11.2 Å². The molecule has 3 heterocycles. The number of H-pyrrole nitrogens is 1. The van der Waals surface area contributed by atoms with Gasteiger partial charge in [-0.05, 0) is 47.0 Å². The molecule has 3 aromatic rings. The third kappa shape index (κ3) is 2.82. The Morgan fingerprint density at radius 2 is 2.25 bits per heavy atom. The molecule has 1 amide bonds. The molecule has 1 aliphatic heterocycles. The van der Waals surface area contributed by atoms with Crippen LogP contribution in [0.3, 0.4) is 0 Å². The number of rotatable bonds is 3. The summed E-state index contributed by atoms with van der Waals surface area (Å²) in [4.78, 5) is 26.6. The molecule has 24 heavy (non-hydrogen) atoms. The molecule has 4 rings (SSSR count). The Balaban J connectivity index is 1.53. The number of halogens is 1. The second kappa shape index (κ2) is 6.22. The molecule has 0 spiro atoms. The standard InChI is InChI=1S/C17H15BrN4OS/c1-10(16(23)22-7-6-11-4-2-3-5-14(11)22)24-17-20-13-8-12(18)9-19-15(13)21-17/h2-5,8-10H,6-7H2,1H3,(H,19,20,21)/t10-/m0/s1. The van der Waals surface area contributed by atoms with Gasteiger partial charge < -0.3 is 9.88 Å². The fourth-order valence-corrected chi connectivity index (χ4v) is 4.12. The Hall–Kier alpha value is -1.86. The molecule has 0 saturated heterocycles. The average Bonchev–Trinajstić information content (AvgIpc) is 3.17. The van der Waals surface area contributed by atoms with E-state index in [1.807, 2.05) is 36.1 Å². The van der Waals surface area contributed by atoms with E-state index in [2.05, 4.69) is 36.9 Å². The molecule has 1 aromatic carbocycles. The summed E-state index contributed by atoms with van der Waals surface area (Å²) < 4.78 is 0.896. The molecule has 0 fully saturated rings. The topological polar surface area (TPSA) is 61.9 Å². The number of nitrogens with zero attached hydrogens (tertiary/aromatic N) is 3. The quantitative estimate of drug-likeness (QED) is 0.676. The predicted molar refractivity (Wildman–Crippen MR) is 99.4 cm³/mol. The van der Waals surface area contributed by atoms with Crippen molar-refractivity contribution in [3.8, 4) is 0 Å². The van der Waals surface area contributed by atoms with E-state index in [9.17, 15) is 4.79 Å². The van der Waals surface area contributed by atoms with Gasteiger partial charge in [-0.15, -0.1) is 0 Å². The van der Waals surface area contributed by atoms with Gasteiger partial charge in [0.15, 0.2) is 10.8 Å². The molecule has 1 atom stereocenters. The number of amides is 1. The molecule has 0 radical (unpaired) electrons. The van der Waals surface area contributed by atoms with E-state index < -0.39 is 0 Å². The molecule has 122 valence electrons. The predicted octanol–water partition coefficient (Wildman–Crippen LogP) is 3.79. The van der Waals surface area contributed by atoms with Crippen LogP contribution >= 0.6 is 27.7 Å². The molecule has 7 heteroatoms. The van der Waals surface area contributed by atoms with Crippen LogP contribution in [-0.2, 0) is 11.2 Å². The number of imidazole rings is 1. The first-order valence-corrected chi connectivity index (χ1v) is 9.36. The molecule has 1 aliphatic rings. The Labute approximate surface area is 152 Å². The normalized spacial score (nSPS) is 14.8. The first-order chi connectivity index (χ1) is 11.6. The van der Waals surface area contributed by atoms with Gasteiger partial charge in [0.1, 0.15) is 0 Å². The lowest BCUT2D eigenvalue weighted by Crippen LogP contribution is -2.35. The summed E-state index contributed by atoms with van der Waals surface area (Å²) in [6.07, 6.45) is 2.63. The number of aromatic nitrogens is 3. The summed E-state index contributed by atoms with van der Waals surface area (Å²) in [6.45, 7) is 2.67. The second-order valence-corrected chi connectivity index (χ2v) is 7.94. The second-order valence-electron chi connectivity index (χ2n) is 5.70. The Bertz CT molecular complexity index is 926. The van der Waals surface area contributed by atoms with Gasteiger partial charge in [-0.1, -0.05) is 30.0 Å². The highest BCUT2D eigenvalue weighted by Gasteiger charge is 2.28. The zero-order valence-corrected chi connectivity index (χ0v) is 15.4. The van der Waals surface area contributed by atoms with Crippen LogP contribution in [0.15, 0.2) is 46.2 Å². The number of carbonyl (C=O) groups excluding carboxylic acids is 1. The van der Waals surface area contributed by atoms with Crippen molar-refractivity contribution in [3.63, 3.8) is 0 Å². The number of pyridine rings is 1. The summed E-state index contributed by atoms with van der Waals surface area (Å²) in [5.41, 5.74) is 3.79. The zero-order valence-electron chi connectivity index (χ0n) is 13.0. The number of hydrogen-bond acceptors (Lipinski definition) is 4. The molecular formula is C17H15BrN4OS. The number of thioether (sulfide) groups is 1. The van der Waals surface area contributed by atoms with Gasteiger partial charge >= 0.3 is 0 Å². The van der Waals surface area contributed by atoms with Crippen molar-refractivity contribution in [2.45, 2.75) is 23.8 Å². The van der Waals surface area contributed by atoms with Crippen LogP contribution in [0.1, 0.15) is 12.5 Å². The highest BCUT2D eigenvalue weighted by molar-refractivity contribution is 9.10. The van der Waals surface area contributed by atoms with E-state index in [0.29, 0.717) is 10.8 Å². The monoisotopic (exact) mass is 402 g/mol. The Morgan fingerprint density at radius 1 is 1.42 bits per heavy atom. The van der Waals surface area contributed by atoms with E-state index in [-0.39, 0.29) is 11.2 Å². The SMILES string of the molecule is C[C@H](Sc1nc2ncc(Br)cc2[nH]1)C(=O)N1CCc2ccccc21. The van der Waals surface area contributed by atoms with Gasteiger partial charge in [0.2, 0.25) is 5.91 Å². The van der Waals surface area contributed by atoms with Crippen LogP contribution in [0.4, 0.5) is 5.69 Å². The maximum Gasteiger partial charge on any atom is 0.240 e. The van der Waals surface area contributed by atoms with Gasteiger partial charge in [0, 0.05) is 22.9 Å². The molecule has 5 nitrogen and oxygen atoms in total. The minimum atomic E-state index is -0.222. The smallest absolute Gasteiger partial charge is 0.240 e. The van der Waals surface area contributed by atoms with E-state index in [1.165, 1.54) is 17.3 Å². The highest BCUT2D eigenvalue weighted by Crippen LogP contribution is 2.31. The van der Waals surface area contributed by atoms with Gasteiger partial charge in [-0.3, -0.25) is 4.79 Å². The highest BCUT2D eigenvalue weighted by atomic mass is 79.9. The fraction of sp³-hybridized carbons (Fsp3) is 0.235. The van der Waals surface area contributed by atoms with Crippen molar-refractivity contribution >= 4 is 50.5 Å². The summed E-state index contributed by atoms with van der Waals surface area (Å²) in [5, 5.41) is 0.490. The van der Waals surface area contributed by atoms with Crippen LogP contribution in [0, 0.1) is 0 Å². The van der Waals surface area contributed by atoms with E-state index in [4.69, 9.17) is 0 Å². The largest absolute Gasteiger partial charge is 0.331 e. The third-order valence-corrected chi connectivity index (χ3v) is 5.48. The number of aromatic amines is 1. The van der Waals surface area contributed by atoms with Crippen LogP contribution < -0.4 is 4.90 Å². The number of para-hydroxylation sites is 1. The van der Waals surface area contributed by atoms with Gasteiger partial charge in [-0.2, -0.15) is 0 Å². The molecule has 0 aliphatic carbocycles. The lowest BCUT2D eigenvalue weighted by Gasteiger charge is -2.20. The lowest BCUT2D eigenvalue weighted by molar-refractivity contribution is -0.117. The van der Waals surface area contributed by atoms with E-state index in [1.54, 1.807) is 6.20 Å². The van der Waals surface area contributed by atoms with Gasteiger partial charge in [0.05, 0.1) is 10.8 Å². The van der Waals surface area contributed by atoms with Crippen molar-refractivity contribution in [3.05, 3.63) is 46.6 Å². The number of anilines is 1. The van der Waals surface area contributed by atoms with Crippen LogP contribution in [-0.4, -0.2) is 32.7 Å². The molecular weight excluding hydrogens is 388 g/mol. The van der Waals surface area contributed by atoms with Crippen molar-refractivity contribution in [1.29, 1.82) is 0 Å². The number of hydrogen-bond donors (Lipinski definition) is 1. The zero-order chi connectivity index (χ0) is 16.7. The van der Waals surface area contributed by atoms with Crippen molar-refractivity contribution in [2.75, 3.05) is 11.4 Å². The summed E-state index contributed by atoms with van der Waals surface area (Å²) in [5.74, 6) is 0.111. The van der Waals surface area contributed by atoms with Crippen molar-refractivity contribution in [1.82, 2.24) is 15.0 Å². The fourth-order valence-electron chi connectivity index (χ4n) is 2.91. The molecule has 0 bridgehead atoms. The number of nitrogens with one attached hydrogen (secondary N) is 1. The van der Waals surface area contributed by atoms with Crippen molar-refractivity contribution < 1.29 is 4.79 Å².